The van der Waals surface area contributed by atoms with Crippen LogP contribution in [0.5, 0.6) is 0 Å². The van der Waals surface area contributed by atoms with Gasteiger partial charge in [-0.25, -0.2) is 0 Å². The molecule has 0 bridgehead atoms. The Kier molecular flexibility index (Phi) is 5.70. The summed E-state index contributed by atoms with van der Waals surface area (Å²) in [6, 6.07) is 0. The van der Waals surface area contributed by atoms with E-state index in [-0.39, 0.29) is 33.7 Å². The molecule has 4 heteroatoms. The highest BCUT2D eigenvalue weighted by Crippen LogP contribution is 2.72. The molecule has 0 amide bonds. The molecule has 4 aliphatic rings. The molecular weight excluding hydrogens is 386 g/mol. The molecule has 0 heterocycles. The van der Waals surface area contributed by atoms with E-state index in [2.05, 4.69) is 46.7 Å². The van der Waals surface area contributed by atoms with Crippen LogP contribution in [0.4, 0.5) is 0 Å². The second kappa shape index (κ2) is 7.58. The number of oxime groups is 1. The van der Waals surface area contributed by atoms with Crippen LogP contribution in [0, 0.1) is 39.4 Å². The molecule has 176 valence electrons. The van der Waals surface area contributed by atoms with Crippen molar-refractivity contribution in [3.8, 4) is 0 Å². The monoisotopic (exact) mass is 431 g/mol. The van der Waals surface area contributed by atoms with Gasteiger partial charge < -0.3 is 15.4 Å². The van der Waals surface area contributed by atoms with E-state index in [1.54, 1.807) is 11.1 Å². The molecule has 0 aliphatic heterocycles. The average molecular weight is 432 g/mol. The van der Waals surface area contributed by atoms with Crippen molar-refractivity contribution in [1.29, 1.82) is 0 Å². The SMILES string of the molecule is C[C@H](C(O)C/C=N/O)[C@H]1CC[C@@]2(C)C3=C(CC[C@]12C)[C@@]1(C)CC[C@H](O)C(C)(C)C1CC3. The van der Waals surface area contributed by atoms with Gasteiger partial charge in [-0.2, -0.15) is 0 Å². The van der Waals surface area contributed by atoms with E-state index < -0.39 is 6.10 Å². The predicted octanol–water partition coefficient (Wildman–Crippen LogP) is 5.94. The lowest BCUT2D eigenvalue weighted by Crippen LogP contribution is -2.55. The molecule has 8 atom stereocenters. The highest BCUT2D eigenvalue weighted by atomic mass is 16.4. The number of rotatable bonds is 4. The third-order valence-electron chi connectivity index (χ3n) is 11.5. The van der Waals surface area contributed by atoms with E-state index in [0.717, 1.165) is 12.8 Å². The van der Waals surface area contributed by atoms with Crippen LogP contribution in [0.15, 0.2) is 16.3 Å². The number of nitrogens with zero attached hydrogens (tertiary/aromatic N) is 1. The van der Waals surface area contributed by atoms with Crippen LogP contribution in [-0.4, -0.2) is 33.8 Å². The summed E-state index contributed by atoms with van der Waals surface area (Å²) >= 11 is 0. The number of fused-ring (bicyclic) bond motifs is 4. The minimum Gasteiger partial charge on any atom is -0.411 e. The van der Waals surface area contributed by atoms with E-state index in [4.69, 9.17) is 5.21 Å². The fourth-order valence-electron chi connectivity index (χ4n) is 9.20. The van der Waals surface area contributed by atoms with Gasteiger partial charge in [-0.05, 0) is 90.8 Å². The van der Waals surface area contributed by atoms with Crippen LogP contribution in [0.2, 0.25) is 0 Å². The van der Waals surface area contributed by atoms with Gasteiger partial charge in [0.2, 0.25) is 0 Å². The van der Waals surface area contributed by atoms with Gasteiger partial charge >= 0.3 is 0 Å². The molecular formula is C27H45NO3. The molecule has 0 aromatic rings. The molecule has 2 saturated carbocycles. The van der Waals surface area contributed by atoms with Crippen molar-refractivity contribution < 1.29 is 15.4 Å². The van der Waals surface area contributed by atoms with Crippen molar-refractivity contribution in [2.75, 3.05) is 0 Å². The molecule has 0 saturated heterocycles. The summed E-state index contributed by atoms with van der Waals surface area (Å²) in [5, 5.41) is 33.4. The van der Waals surface area contributed by atoms with Crippen molar-refractivity contribution >= 4 is 6.21 Å². The van der Waals surface area contributed by atoms with E-state index in [1.807, 2.05) is 0 Å². The van der Waals surface area contributed by atoms with Crippen molar-refractivity contribution in [2.45, 2.75) is 112 Å². The van der Waals surface area contributed by atoms with Crippen LogP contribution in [-0.2, 0) is 0 Å². The maximum atomic E-state index is 10.8. The van der Waals surface area contributed by atoms with Crippen LogP contribution >= 0.6 is 0 Å². The number of allylic oxidation sites excluding steroid dienone is 2. The van der Waals surface area contributed by atoms with Gasteiger partial charge in [0, 0.05) is 12.6 Å². The van der Waals surface area contributed by atoms with Crippen molar-refractivity contribution in [3.63, 3.8) is 0 Å². The molecule has 2 unspecified atom stereocenters. The van der Waals surface area contributed by atoms with Gasteiger partial charge in [-0.1, -0.05) is 52.7 Å². The molecule has 0 radical (unpaired) electrons. The first kappa shape index (κ1) is 23.3. The minimum absolute atomic E-state index is 0.0156. The average Bonchev–Trinajstić information content (AvgIpc) is 3.00. The van der Waals surface area contributed by atoms with Crippen molar-refractivity contribution in [2.24, 2.45) is 44.6 Å². The molecule has 31 heavy (non-hydrogen) atoms. The minimum atomic E-state index is -0.454. The van der Waals surface area contributed by atoms with Crippen LogP contribution in [0.1, 0.15) is 99.3 Å². The third kappa shape index (κ3) is 3.10. The summed E-state index contributed by atoms with van der Waals surface area (Å²) in [7, 11) is 0. The molecule has 2 fully saturated rings. The highest BCUT2D eigenvalue weighted by molar-refractivity contribution is 5.56. The fraction of sp³-hybridized carbons (Fsp3) is 0.889. The Morgan fingerprint density at radius 1 is 1.00 bits per heavy atom. The largest absolute Gasteiger partial charge is 0.411 e. The van der Waals surface area contributed by atoms with Crippen LogP contribution < -0.4 is 0 Å². The quantitative estimate of drug-likeness (QED) is 0.223. The lowest BCUT2D eigenvalue weighted by molar-refractivity contribution is -0.0969. The van der Waals surface area contributed by atoms with Gasteiger partial charge in [0.1, 0.15) is 0 Å². The van der Waals surface area contributed by atoms with Gasteiger partial charge in [-0.3, -0.25) is 0 Å². The van der Waals surface area contributed by atoms with Gasteiger partial charge in [0.05, 0.1) is 12.2 Å². The first-order chi connectivity index (χ1) is 14.4. The van der Waals surface area contributed by atoms with Gasteiger partial charge in [0.25, 0.3) is 0 Å². The summed E-state index contributed by atoms with van der Waals surface area (Å²) in [5.74, 6) is 1.25. The summed E-state index contributed by atoms with van der Waals surface area (Å²) in [6.45, 7) is 14.3. The first-order valence-electron chi connectivity index (χ1n) is 12.7. The smallest absolute Gasteiger partial charge is 0.0619 e. The topological polar surface area (TPSA) is 73.1 Å². The van der Waals surface area contributed by atoms with Gasteiger partial charge in [0.15, 0.2) is 0 Å². The molecule has 4 aliphatic carbocycles. The summed E-state index contributed by atoms with van der Waals surface area (Å²) in [6.07, 6.45) is 10.4. The van der Waals surface area contributed by atoms with Crippen LogP contribution in [0.3, 0.4) is 0 Å². The zero-order valence-corrected chi connectivity index (χ0v) is 20.6. The van der Waals surface area contributed by atoms with Gasteiger partial charge in [-0.15, -0.1) is 5.16 Å². The summed E-state index contributed by atoms with van der Waals surface area (Å²) < 4.78 is 0. The normalized spacial score (nSPS) is 46.4. The van der Waals surface area contributed by atoms with Crippen LogP contribution in [0.25, 0.3) is 0 Å². The maximum Gasteiger partial charge on any atom is 0.0619 e. The molecule has 0 spiro atoms. The van der Waals surface area contributed by atoms with Crippen molar-refractivity contribution in [1.82, 2.24) is 0 Å². The summed E-state index contributed by atoms with van der Waals surface area (Å²) in [4.78, 5) is 0. The Balaban J connectivity index is 1.69. The third-order valence-corrected chi connectivity index (χ3v) is 11.5. The number of hydrogen-bond acceptors (Lipinski definition) is 4. The lowest BCUT2D eigenvalue weighted by atomic mass is 9.43. The molecule has 0 aromatic carbocycles. The second-order valence-corrected chi connectivity index (χ2v) is 12.7. The molecule has 4 rings (SSSR count). The molecule has 3 N–H and O–H groups in total. The van der Waals surface area contributed by atoms with E-state index in [1.165, 1.54) is 44.7 Å². The zero-order chi connectivity index (χ0) is 22.8. The number of hydrogen-bond donors (Lipinski definition) is 3. The predicted molar refractivity (Wildman–Crippen MR) is 125 cm³/mol. The number of aliphatic hydroxyl groups is 2. The Morgan fingerprint density at radius 2 is 1.71 bits per heavy atom. The van der Waals surface area contributed by atoms with E-state index in [9.17, 15) is 10.2 Å². The van der Waals surface area contributed by atoms with Crippen molar-refractivity contribution in [3.05, 3.63) is 11.1 Å². The van der Waals surface area contributed by atoms with E-state index in [0.29, 0.717) is 18.3 Å². The lowest BCUT2D eigenvalue weighted by Gasteiger charge is -2.62. The Morgan fingerprint density at radius 3 is 2.39 bits per heavy atom. The molecule has 4 nitrogen and oxygen atoms in total. The summed E-state index contributed by atoms with van der Waals surface area (Å²) in [5.41, 5.74) is 4.10. The Labute approximate surface area is 189 Å². The Hall–Kier alpha value is -0.870. The second-order valence-electron chi connectivity index (χ2n) is 12.7. The standard InChI is InChI=1S/C27H45NO3/c1-17(21(29)12-16-28-31)18-9-14-27(6)20-7-8-22-24(2,3)23(30)11-13-25(22,4)19(20)10-15-26(18,27)5/h16-18,21-23,29-31H,7-15H2,1-6H3/b28-16+/t17-,18+,21?,22?,23-,25+,26+,27-/m0/s1. The Bertz CT molecular complexity index is 772. The number of aliphatic hydroxyl groups excluding tert-OH is 2. The highest BCUT2D eigenvalue weighted by Gasteiger charge is 2.63. The van der Waals surface area contributed by atoms with E-state index >= 15 is 0 Å². The zero-order valence-electron chi connectivity index (χ0n) is 20.6. The first-order valence-corrected chi connectivity index (χ1v) is 12.7. The molecule has 0 aromatic heterocycles. The fourth-order valence-corrected chi connectivity index (χ4v) is 9.20. The maximum absolute atomic E-state index is 10.8.